The van der Waals surface area contributed by atoms with Gasteiger partial charge in [0.25, 0.3) is 0 Å². The molecule has 0 saturated carbocycles. The number of carbonyl (C=O) groups excluding carboxylic acids is 1. The Hall–Kier alpha value is -2.37. The van der Waals surface area contributed by atoms with Crippen molar-refractivity contribution in [2.75, 3.05) is 19.6 Å². The van der Waals surface area contributed by atoms with Gasteiger partial charge in [0, 0.05) is 13.0 Å². The quantitative estimate of drug-likeness (QED) is 0.385. The topological polar surface area (TPSA) is 61.8 Å². The molecule has 0 unspecified atom stereocenters. The lowest BCUT2D eigenvalue weighted by Crippen LogP contribution is -2.46. The van der Waals surface area contributed by atoms with Crippen LogP contribution < -0.4 is 10.1 Å². The van der Waals surface area contributed by atoms with E-state index < -0.39 is 6.10 Å². The minimum absolute atomic E-state index is 0.0394. The fourth-order valence-electron chi connectivity index (χ4n) is 4.37. The van der Waals surface area contributed by atoms with Gasteiger partial charge in [0.1, 0.15) is 18.5 Å². The molecule has 33 heavy (non-hydrogen) atoms. The second-order valence-corrected chi connectivity index (χ2v) is 9.13. The van der Waals surface area contributed by atoms with Crippen LogP contribution in [0.15, 0.2) is 54.6 Å². The summed E-state index contributed by atoms with van der Waals surface area (Å²) in [6.07, 6.45) is 7.75. The first-order valence-electron chi connectivity index (χ1n) is 12.6. The van der Waals surface area contributed by atoms with Gasteiger partial charge in [-0.15, -0.1) is 0 Å². The number of amides is 1. The molecule has 2 atom stereocenters. The molecule has 0 aliphatic carbocycles. The number of aliphatic hydroxyl groups is 1. The van der Waals surface area contributed by atoms with Crippen molar-refractivity contribution in [1.82, 2.24) is 10.2 Å². The molecule has 0 radical (unpaired) electrons. The van der Waals surface area contributed by atoms with Gasteiger partial charge in [-0.2, -0.15) is 0 Å². The highest BCUT2D eigenvalue weighted by atomic mass is 16.5. The Labute approximate surface area is 199 Å². The Morgan fingerprint density at radius 3 is 2.39 bits per heavy atom. The summed E-state index contributed by atoms with van der Waals surface area (Å²) in [6.45, 7) is 5.44. The van der Waals surface area contributed by atoms with Gasteiger partial charge in [0.15, 0.2) is 0 Å². The van der Waals surface area contributed by atoms with Crippen molar-refractivity contribution in [3.63, 3.8) is 0 Å². The van der Waals surface area contributed by atoms with Crippen LogP contribution in [0.3, 0.4) is 0 Å². The highest BCUT2D eigenvalue weighted by molar-refractivity contribution is 5.76. The normalized spacial score (nSPS) is 15.8. The molecular weight excluding hydrogens is 412 g/mol. The molecule has 5 heteroatoms. The van der Waals surface area contributed by atoms with E-state index >= 15 is 0 Å². The van der Waals surface area contributed by atoms with E-state index in [1.54, 1.807) is 0 Å². The van der Waals surface area contributed by atoms with E-state index in [0.29, 0.717) is 19.6 Å². The van der Waals surface area contributed by atoms with Crippen molar-refractivity contribution < 1.29 is 14.6 Å². The predicted molar refractivity (Wildman–Crippen MR) is 133 cm³/mol. The summed E-state index contributed by atoms with van der Waals surface area (Å²) in [6, 6.07) is 17.3. The van der Waals surface area contributed by atoms with Crippen molar-refractivity contribution in [3.8, 4) is 5.75 Å². The van der Waals surface area contributed by atoms with Gasteiger partial charge in [-0.1, -0.05) is 75.1 Å². The highest BCUT2D eigenvalue weighted by Crippen LogP contribution is 2.23. The average molecular weight is 453 g/mol. The van der Waals surface area contributed by atoms with E-state index in [1.807, 2.05) is 54.6 Å². The zero-order valence-electron chi connectivity index (χ0n) is 20.0. The number of unbranched alkanes of at least 4 members (excludes halogenated alkanes) is 4. The monoisotopic (exact) mass is 452 g/mol. The van der Waals surface area contributed by atoms with Crippen LogP contribution in [0.25, 0.3) is 0 Å². The van der Waals surface area contributed by atoms with Crippen molar-refractivity contribution in [1.29, 1.82) is 0 Å². The number of aliphatic hydroxyl groups excluding tert-OH is 1. The molecule has 2 aromatic carbocycles. The largest absolute Gasteiger partial charge is 0.489 e. The third-order valence-corrected chi connectivity index (χ3v) is 6.36. The van der Waals surface area contributed by atoms with E-state index in [9.17, 15) is 9.90 Å². The first kappa shape index (κ1) is 25.3. The van der Waals surface area contributed by atoms with E-state index in [1.165, 1.54) is 32.1 Å². The summed E-state index contributed by atoms with van der Waals surface area (Å²) >= 11 is 0. The number of rotatable bonds is 14. The Kier molecular flexibility index (Phi) is 10.7. The number of nitrogens with zero attached hydrogens (tertiary/aromatic N) is 1. The van der Waals surface area contributed by atoms with Crippen molar-refractivity contribution in [2.24, 2.45) is 0 Å². The summed E-state index contributed by atoms with van der Waals surface area (Å²) < 4.78 is 5.87. The molecule has 180 valence electrons. The Morgan fingerprint density at radius 2 is 1.70 bits per heavy atom. The van der Waals surface area contributed by atoms with Crippen LogP contribution in [-0.4, -0.2) is 41.6 Å². The second-order valence-electron chi connectivity index (χ2n) is 9.13. The second kappa shape index (κ2) is 14.0. The molecule has 2 N–H and O–H groups in total. The molecule has 5 nitrogen and oxygen atoms in total. The van der Waals surface area contributed by atoms with Crippen LogP contribution in [0.2, 0.25) is 0 Å². The molecule has 0 spiro atoms. The number of nitrogens with one attached hydrogen (secondary N) is 1. The molecule has 1 heterocycles. The van der Waals surface area contributed by atoms with Gasteiger partial charge < -0.3 is 20.1 Å². The zero-order valence-corrected chi connectivity index (χ0v) is 20.0. The summed E-state index contributed by atoms with van der Waals surface area (Å²) in [5, 5.41) is 14.3. The zero-order chi connectivity index (χ0) is 23.3. The van der Waals surface area contributed by atoms with Crippen LogP contribution in [0, 0.1) is 0 Å². The molecular formula is C28H40N2O3. The summed E-state index contributed by atoms with van der Waals surface area (Å²) in [5.74, 6) is 0.805. The summed E-state index contributed by atoms with van der Waals surface area (Å²) in [5.41, 5.74) is 1.92. The summed E-state index contributed by atoms with van der Waals surface area (Å²) in [4.78, 5) is 14.9. The van der Waals surface area contributed by atoms with Gasteiger partial charge in [-0.05, 0) is 55.6 Å². The molecule has 0 aromatic heterocycles. The highest BCUT2D eigenvalue weighted by Gasteiger charge is 2.26. The fourth-order valence-corrected chi connectivity index (χ4v) is 4.37. The number of carbonyl (C=O) groups is 1. The fraction of sp³-hybridized carbons (Fsp3) is 0.536. The maximum absolute atomic E-state index is 12.6. The lowest BCUT2D eigenvalue weighted by molar-refractivity contribution is -0.123. The molecule has 1 saturated heterocycles. The molecule has 1 aliphatic rings. The first-order valence-corrected chi connectivity index (χ1v) is 12.6. The Balaban J connectivity index is 1.56. The average Bonchev–Trinajstić information content (AvgIpc) is 3.36. The lowest BCUT2D eigenvalue weighted by Gasteiger charge is -2.29. The van der Waals surface area contributed by atoms with Crippen molar-refractivity contribution in [2.45, 2.75) is 77.0 Å². The number of ether oxygens (including phenoxy) is 1. The minimum Gasteiger partial charge on any atom is -0.489 e. The van der Waals surface area contributed by atoms with Crippen LogP contribution in [0.5, 0.6) is 5.75 Å². The molecule has 1 fully saturated rings. The number of likely N-dealkylation sites (tertiary alicyclic amines) is 1. The smallest absolute Gasteiger partial charge is 0.220 e. The standard InChI is InChI=1S/C28H40N2O3/c1-2-3-4-5-9-14-27(31)29-26(21-30-19-10-11-20-30)28(32)24-15-17-25(18-16-24)33-22-23-12-7-6-8-13-23/h6-8,12-13,15-18,26,28,32H,2-5,9-11,14,19-22H2,1H3,(H,29,31)/t26-,28-/m1/s1. The van der Waals surface area contributed by atoms with Gasteiger partial charge in [0.05, 0.1) is 6.04 Å². The lowest BCUT2D eigenvalue weighted by atomic mass is 10.0. The third kappa shape index (κ3) is 8.82. The van der Waals surface area contributed by atoms with Crippen LogP contribution in [-0.2, 0) is 11.4 Å². The molecule has 1 aliphatic heterocycles. The molecule has 2 aromatic rings. The SMILES string of the molecule is CCCCCCCC(=O)N[C@H](CN1CCCC1)[C@H](O)c1ccc(OCc2ccccc2)cc1. The van der Waals surface area contributed by atoms with E-state index in [2.05, 4.69) is 17.1 Å². The van der Waals surface area contributed by atoms with Gasteiger partial charge in [-0.25, -0.2) is 0 Å². The van der Waals surface area contributed by atoms with Crippen molar-refractivity contribution >= 4 is 5.91 Å². The summed E-state index contributed by atoms with van der Waals surface area (Å²) in [7, 11) is 0. The predicted octanol–water partition coefficient (Wildman–Crippen LogP) is 5.24. The maximum atomic E-state index is 12.6. The van der Waals surface area contributed by atoms with Gasteiger partial charge >= 0.3 is 0 Å². The molecule has 3 rings (SSSR count). The number of hydrogen-bond donors (Lipinski definition) is 2. The first-order chi connectivity index (χ1) is 16.2. The van der Waals surface area contributed by atoms with E-state index in [4.69, 9.17) is 4.74 Å². The number of benzene rings is 2. The number of hydrogen-bond acceptors (Lipinski definition) is 4. The van der Waals surface area contributed by atoms with Crippen molar-refractivity contribution in [3.05, 3.63) is 65.7 Å². The van der Waals surface area contributed by atoms with Crippen LogP contribution in [0.4, 0.5) is 0 Å². The van der Waals surface area contributed by atoms with E-state index in [0.717, 1.165) is 42.8 Å². The van der Waals surface area contributed by atoms with Gasteiger partial charge in [0.2, 0.25) is 5.91 Å². The molecule has 0 bridgehead atoms. The van der Waals surface area contributed by atoms with Crippen LogP contribution >= 0.6 is 0 Å². The minimum atomic E-state index is -0.752. The Bertz CT molecular complexity index is 804. The Morgan fingerprint density at radius 1 is 1.00 bits per heavy atom. The molecule has 1 amide bonds. The van der Waals surface area contributed by atoms with Crippen LogP contribution in [0.1, 0.15) is 75.5 Å². The maximum Gasteiger partial charge on any atom is 0.220 e. The third-order valence-electron chi connectivity index (χ3n) is 6.36. The van der Waals surface area contributed by atoms with Gasteiger partial charge in [-0.3, -0.25) is 4.79 Å². The van der Waals surface area contributed by atoms with E-state index in [-0.39, 0.29) is 11.9 Å².